The molecular formula is C23H25N3O4. The summed E-state index contributed by atoms with van der Waals surface area (Å²) in [5.74, 6) is -1.04. The van der Waals surface area contributed by atoms with Gasteiger partial charge in [-0.3, -0.25) is 9.59 Å². The number of benzene rings is 2. The number of amides is 2. The van der Waals surface area contributed by atoms with E-state index in [9.17, 15) is 14.4 Å². The van der Waals surface area contributed by atoms with Crippen LogP contribution in [0.3, 0.4) is 0 Å². The monoisotopic (exact) mass is 407 g/mol. The van der Waals surface area contributed by atoms with Crippen LogP contribution < -0.4 is 16.4 Å². The van der Waals surface area contributed by atoms with Crippen molar-refractivity contribution in [2.75, 3.05) is 23.0 Å². The lowest BCUT2D eigenvalue weighted by molar-refractivity contribution is -0.119. The van der Waals surface area contributed by atoms with Crippen molar-refractivity contribution in [1.82, 2.24) is 0 Å². The number of nitrogens with zero attached hydrogens (tertiary/aromatic N) is 1. The smallest absolute Gasteiger partial charge is 0.338 e. The van der Waals surface area contributed by atoms with E-state index in [1.807, 2.05) is 12.1 Å². The number of hydrogen-bond donors (Lipinski definition) is 2. The van der Waals surface area contributed by atoms with Crippen LogP contribution in [0, 0.1) is 0 Å². The minimum atomic E-state index is -0.417. The van der Waals surface area contributed by atoms with Crippen LogP contribution in [0.5, 0.6) is 0 Å². The average Bonchev–Trinajstić information content (AvgIpc) is 3.05. The van der Waals surface area contributed by atoms with Gasteiger partial charge in [0.05, 0.1) is 17.9 Å². The van der Waals surface area contributed by atoms with E-state index in [0.29, 0.717) is 29.2 Å². The molecule has 0 unspecified atom stereocenters. The number of aryl methyl sites for hydroxylation is 1. The van der Waals surface area contributed by atoms with Crippen LogP contribution >= 0.6 is 0 Å². The molecule has 0 spiro atoms. The molecule has 0 saturated heterocycles. The minimum absolute atomic E-state index is 0.312. The summed E-state index contributed by atoms with van der Waals surface area (Å²) < 4.78 is 5.27. The Morgan fingerprint density at radius 2 is 1.43 bits per heavy atom. The van der Waals surface area contributed by atoms with Crippen molar-refractivity contribution in [2.45, 2.75) is 32.1 Å². The zero-order valence-corrected chi connectivity index (χ0v) is 16.7. The van der Waals surface area contributed by atoms with Gasteiger partial charge in [0.1, 0.15) is 0 Å². The highest BCUT2D eigenvalue weighted by Crippen LogP contribution is 2.20. The molecule has 0 bridgehead atoms. The number of hydrogen-bond acceptors (Lipinski definition) is 6. The van der Waals surface area contributed by atoms with Gasteiger partial charge in [-0.1, -0.05) is 25.0 Å². The Labute approximate surface area is 175 Å². The topological polar surface area (TPSA) is 116 Å². The first-order valence-corrected chi connectivity index (χ1v) is 9.92. The molecule has 156 valence electrons. The summed E-state index contributed by atoms with van der Waals surface area (Å²) in [7, 11) is 0. The number of carbonyl (C=O) groups excluding carboxylic acids is 3. The van der Waals surface area contributed by atoms with Crippen LogP contribution in [0.2, 0.25) is 0 Å². The number of nitrogen functional groups attached to an aromatic ring is 2. The number of esters is 1. The van der Waals surface area contributed by atoms with E-state index in [4.69, 9.17) is 16.2 Å². The van der Waals surface area contributed by atoms with Crippen LogP contribution in [0.25, 0.3) is 0 Å². The number of nitrogens with two attached hydrogens (primary N) is 2. The van der Waals surface area contributed by atoms with Gasteiger partial charge in [-0.05, 0) is 55.2 Å². The van der Waals surface area contributed by atoms with E-state index in [1.165, 1.54) is 12.2 Å². The van der Waals surface area contributed by atoms with Crippen LogP contribution in [0.15, 0.2) is 54.6 Å². The fourth-order valence-corrected chi connectivity index (χ4v) is 3.29. The van der Waals surface area contributed by atoms with Crippen LogP contribution in [-0.2, 0) is 20.7 Å². The molecule has 0 fully saturated rings. The maximum atomic E-state index is 12.0. The minimum Gasteiger partial charge on any atom is -0.462 e. The Morgan fingerprint density at radius 1 is 0.833 bits per heavy atom. The van der Waals surface area contributed by atoms with E-state index < -0.39 is 5.97 Å². The number of rotatable bonds is 9. The molecule has 4 N–H and O–H groups in total. The first-order valence-electron chi connectivity index (χ1n) is 9.92. The lowest BCUT2D eigenvalue weighted by Crippen LogP contribution is -2.29. The van der Waals surface area contributed by atoms with Crippen molar-refractivity contribution in [3.63, 3.8) is 0 Å². The van der Waals surface area contributed by atoms with Crippen molar-refractivity contribution in [3.8, 4) is 0 Å². The molecule has 7 nitrogen and oxygen atoms in total. The lowest BCUT2D eigenvalue weighted by atomic mass is 10.1. The molecule has 0 radical (unpaired) electrons. The Bertz CT molecular complexity index is 929. The van der Waals surface area contributed by atoms with E-state index in [2.05, 4.69) is 0 Å². The molecule has 30 heavy (non-hydrogen) atoms. The second-order valence-corrected chi connectivity index (χ2v) is 7.20. The molecule has 1 aliphatic rings. The molecule has 0 aromatic heterocycles. The molecule has 2 amide bonds. The molecule has 2 aromatic rings. The standard InChI is InChI=1S/C23H25N3O4/c24-18-13-17(14-19(25)15-18)23(29)30-12-4-2-1-3-5-16-6-8-20(9-7-16)26-21(27)10-11-22(26)28/h6-11,13-15H,1-5,12,24-25H2. The molecule has 3 rings (SSSR count). The van der Waals surface area contributed by atoms with Gasteiger partial charge in [0.2, 0.25) is 0 Å². The third-order valence-electron chi connectivity index (χ3n) is 4.81. The third kappa shape index (κ3) is 5.47. The summed E-state index contributed by atoms with van der Waals surface area (Å²) in [5, 5.41) is 0. The first kappa shape index (κ1) is 21.1. The van der Waals surface area contributed by atoms with Crippen molar-refractivity contribution < 1.29 is 19.1 Å². The van der Waals surface area contributed by atoms with Crippen LogP contribution in [0.4, 0.5) is 17.1 Å². The van der Waals surface area contributed by atoms with Crippen molar-refractivity contribution in [1.29, 1.82) is 0 Å². The third-order valence-corrected chi connectivity index (χ3v) is 4.81. The molecule has 1 aliphatic heterocycles. The Balaban J connectivity index is 1.32. The number of carbonyl (C=O) groups is 3. The molecule has 2 aromatic carbocycles. The maximum absolute atomic E-state index is 12.0. The number of imide groups is 1. The summed E-state index contributed by atoms with van der Waals surface area (Å²) in [5.41, 5.74) is 14.3. The van der Waals surface area contributed by atoms with Gasteiger partial charge < -0.3 is 16.2 Å². The Hall–Kier alpha value is -3.61. The van der Waals surface area contributed by atoms with Gasteiger partial charge in [0, 0.05) is 23.5 Å². The second-order valence-electron chi connectivity index (χ2n) is 7.20. The normalized spacial score (nSPS) is 13.1. The summed E-state index contributed by atoms with van der Waals surface area (Å²) in [6.07, 6.45) is 7.21. The zero-order valence-electron chi connectivity index (χ0n) is 16.7. The van der Waals surface area contributed by atoms with Gasteiger partial charge in [0.15, 0.2) is 0 Å². The second kappa shape index (κ2) is 9.73. The fourth-order valence-electron chi connectivity index (χ4n) is 3.29. The lowest BCUT2D eigenvalue weighted by Gasteiger charge is -2.14. The summed E-state index contributed by atoms with van der Waals surface area (Å²) in [6, 6.07) is 12.2. The Kier molecular flexibility index (Phi) is 6.85. The van der Waals surface area contributed by atoms with Crippen molar-refractivity contribution >= 4 is 34.8 Å². The Morgan fingerprint density at radius 3 is 2.07 bits per heavy atom. The van der Waals surface area contributed by atoms with Crippen molar-refractivity contribution in [3.05, 3.63) is 65.7 Å². The molecule has 7 heteroatoms. The zero-order chi connectivity index (χ0) is 21.5. The molecule has 1 heterocycles. The SMILES string of the molecule is Nc1cc(N)cc(C(=O)OCCCCCCc2ccc(N3C(=O)C=CC3=O)cc2)c1. The maximum Gasteiger partial charge on any atom is 0.338 e. The van der Waals surface area contributed by atoms with E-state index in [1.54, 1.807) is 30.3 Å². The van der Waals surface area contributed by atoms with Gasteiger partial charge in [-0.25, -0.2) is 9.69 Å². The van der Waals surface area contributed by atoms with Crippen molar-refractivity contribution in [2.24, 2.45) is 0 Å². The number of anilines is 3. The predicted octanol–water partition coefficient (Wildman–Crippen LogP) is 3.24. The van der Waals surface area contributed by atoms with E-state index in [0.717, 1.165) is 42.6 Å². The number of unbranched alkanes of at least 4 members (excludes halogenated alkanes) is 3. The molecule has 0 saturated carbocycles. The van der Waals surface area contributed by atoms with E-state index >= 15 is 0 Å². The van der Waals surface area contributed by atoms with Gasteiger partial charge in [-0.15, -0.1) is 0 Å². The highest BCUT2D eigenvalue weighted by molar-refractivity contribution is 6.28. The van der Waals surface area contributed by atoms with Gasteiger partial charge in [0.25, 0.3) is 11.8 Å². The highest BCUT2D eigenvalue weighted by Gasteiger charge is 2.24. The van der Waals surface area contributed by atoms with Crippen LogP contribution in [-0.4, -0.2) is 24.4 Å². The molecular weight excluding hydrogens is 382 g/mol. The molecule has 0 atom stereocenters. The highest BCUT2D eigenvalue weighted by atomic mass is 16.5. The average molecular weight is 407 g/mol. The number of ether oxygens (including phenoxy) is 1. The van der Waals surface area contributed by atoms with Gasteiger partial charge in [-0.2, -0.15) is 0 Å². The quantitative estimate of drug-likeness (QED) is 0.285. The predicted molar refractivity (Wildman–Crippen MR) is 116 cm³/mol. The first-order chi connectivity index (χ1) is 14.4. The largest absolute Gasteiger partial charge is 0.462 e. The van der Waals surface area contributed by atoms with E-state index in [-0.39, 0.29) is 11.8 Å². The fraction of sp³-hybridized carbons (Fsp3) is 0.261. The summed E-state index contributed by atoms with van der Waals surface area (Å²) in [6.45, 7) is 0.355. The van der Waals surface area contributed by atoms with Gasteiger partial charge >= 0.3 is 5.97 Å². The summed E-state index contributed by atoms with van der Waals surface area (Å²) >= 11 is 0. The summed E-state index contributed by atoms with van der Waals surface area (Å²) in [4.78, 5) is 36.6. The van der Waals surface area contributed by atoms with Crippen LogP contribution in [0.1, 0.15) is 41.6 Å². The molecule has 0 aliphatic carbocycles.